The zero-order chi connectivity index (χ0) is 29.6. The van der Waals surface area contributed by atoms with E-state index < -0.39 is 46.7 Å². The predicted octanol–water partition coefficient (Wildman–Crippen LogP) is 3.19. The summed E-state index contributed by atoms with van der Waals surface area (Å²) in [7, 11) is -3.93. The van der Waals surface area contributed by atoms with Crippen molar-refractivity contribution in [1.29, 1.82) is 0 Å². The lowest BCUT2D eigenvalue weighted by Gasteiger charge is -2.34. The van der Waals surface area contributed by atoms with Crippen LogP contribution >= 0.6 is 12.2 Å². The first-order valence-corrected chi connectivity index (χ1v) is 15.0. The summed E-state index contributed by atoms with van der Waals surface area (Å²) < 4.78 is 55.7. The number of H-pyrrole nitrogens is 1. The molecule has 0 bridgehead atoms. The van der Waals surface area contributed by atoms with E-state index in [-0.39, 0.29) is 30.2 Å². The first-order chi connectivity index (χ1) is 19.5. The highest BCUT2D eigenvalue weighted by atomic mass is 32.2. The van der Waals surface area contributed by atoms with Gasteiger partial charge < -0.3 is 18.9 Å². The molecule has 1 aliphatic heterocycles. The second-order valence-electron chi connectivity index (χ2n) is 9.79. The molecule has 2 aromatic carbocycles. The average Bonchev–Trinajstić information content (AvgIpc) is 3.21. The van der Waals surface area contributed by atoms with Crippen LogP contribution < -0.4 is 5.56 Å². The minimum Gasteiger partial charge on any atom is -0.455 e. The molecule has 0 radical (unpaired) electrons. The number of nitrogens with zero attached hydrogens (tertiary/aromatic N) is 1. The highest BCUT2D eigenvalue weighted by Crippen LogP contribution is 2.42. The van der Waals surface area contributed by atoms with E-state index >= 15 is 0 Å². The van der Waals surface area contributed by atoms with Crippen molar-refractivity contribution in [2.75, 3.05) is 19.5 Å². The van der Waals surface area contributed by atoms with E-state index in [0.29, 0.717) is 5.56 Å². The molecular formula is C28H32N2O9S2. The van der Waals surface area contributed by atoms with Crippen molar-refractivity contribution in [1.82, 2.24) is 9.55 Å². The van der Waals surface area contributed by atoms with E-state index in [1.807, 2.05) is 60.7 Å². The first kappa shape index (κ1) is 30.8. The molecule has 13 heteroatoms. The summed E-state index contributed by atoms with van der Waals surface area (Å²) in [5.41, 5.74) is 0.0462. The van der Waals surface area contributed by atoms with Gasteiger partial charge in [0, 0.05) is 18.7 Å². The molecule has 0 spiro atoms. The van der Waals surface area contributed by atoms with Gasteiger partial charge in [-0.3, -0.25) is 23.3 Å². The van der Waals surface area contributed by atoms with Gasteiger partial charge in [-0.25, -0.2) is 0 Å². The monoisotopic (exact) mass is 604 g/mol. The van der Waals surface area contributed by atoms with Gasteiger partial charge in [0.1, 0.15) is 18.3 Å². The van der Waals surface area contributed by atoms with Gasteiger partial charge in [0.25, 0.3) is 15.7 Å². The maximum atomic E-state index is 12.3. The van der Waals surface area contributed by atoms with Crippen molar-refractivity contribution in [2.24, 2.45) is 0 Å². The van der Waals surface area contributed by atoms with Crippen LogP contribution in [0.25, 0.3) is 0 Å². The van der Waals surface area contributed by atoms with Crippen molar-refractivity contribution in [3.05, 3.63) is 98.7 Å². The fourth-order valence-electron chi connectivity index (χ4n) is 4.53. The molecule has 41 heavy (non-hydrogen) atoms. The maximum Gasteiger partial charge on any atom is 0.303 e. The van der Waals surface area contributed by atoms with Crippen molar-refractivity contribution in [2.45, 2.75) is 51.1 Å². The third kappa shape index (κ3) is 7.97. The van der Waals surface area contributed by atoms with Crippen molar-refractivity contribution in [3.63, 3.8) is 0 Å². The summed E-state index contributed by atoms with van der Waals surface area (Å²) in [5, 5.41) is 0. The van der Waals surface area contributed by atoms with E-state index in [4.69, 9.17) is 35.3 Å². The van der Waals surface area contributed by atoms with Gasteiger partial charge >= 0.3 is 5.97 Å². The molecule has 4 atom stereocenters. The molecule has 11 nitrogen and oxygen atoms in total. The van der Waals surface area contributed by atoms with Crippen LogP contribution in [0.3, 0.4) is 0 Å². The Morgan fingerprint density at radius 2 is 1.66 bits per heavy atom. The van der Waals surface area contributed by atoms with Crippen LogP contribution in [0, 0.1) is 11.7 Å². The zero-order valence-corrected chi connectivity index (χ0v) is 24.5. The molecule has 1 saturated heterocycles. The maximum absolute atomic E-state index is 12.3. The Bertz CT molecular complexity index is 1560. The second kappa shape index (κ2) is 13.2. The number of rotatable bonds is 12. The lowest BCUT2D eigenvalue weighted by atomic mass is 9.96. The van der Waals surface area contributed by atoms with E-state index in [1.165, 1.54) is 17.7 Å². The number of carbonyl (C=O) groups is 1. The molecule has 0 amide bonds. The third-order valence-corrected chi connectivity index (χ3v) is 7.28. The number of hydrogen-bond acceptors (Lipinski definition) is 10. The molecule has 0 saturated carbocycles. The Labute approximate surface area is 243 Å². The quantitative estimate of drug-likeness (QED) is 0.187. The Morgan fingerprint density at radius 1 is 1.05 bits per heavy atom. The Kier molecular flexibility index (Phi) is 9.89. The Morgan fingerprint density at radius 3 is 2.24 bits per heavy atom. The van der Waals surface area contributed by atoms with Gasteiger partial charge in [0.15, 0.2) is 17.1 Å². The minimum absolute atomic E-state index is 0.00889. The second-order valence-corrected chi connectivity index (χ2v) is 11.8. The Hall–Kier alpha value is -3.20. The van der Waals surface area contributed by atoms with Crippen LogP contribution in [0.1, 0.15) is 29.8 Å². The molecule has 220 valence electrons. The normalized spacial score (nSPS) is 22.5. The highest BCUT2D eigenvalue weighted by molar-refractivity contribution is 7.86. The molecule has 0 aliphatic carbocycles. The van der Waals surface area contributed by atoms with E-state index in [9.17, 15) is 18.0 Å². The summed E-state index contributed by atoms with van der Waals surface area (Å²) in [6, 6.07) is 18.6. The topological polar surface area (TPSA) is 135 Å². The fraction of sp³-hybridized carbons (Fsp3) is 0.393. The highest BCUT2D eigenvalue weighted by Gasteiger charge is 2.59. The van der Waals surface area contributed by atoms with E-state index in [0.717, 1.165) is 17.4 Å². The number of hydrogen-bond donors (Lipinski definition) is 1. The molecule has 4 rings (SSSR count). The van der Waals surface area contributed by atoms with Gasteiger partial charge in [-0.1, -0.05) is 60.7 Å². The molecule has 1 fully saturated rings. The van der Waals surface area contributed by atoms with Gasteiger partial charge in [-0.05, 0) is 30.3 Å². The minimum atomic E-state index is -3.93. The summed E-state index contributed by atoms with van der Waals surface area (Å²) in [6.45, 7) is 2.38. The SMILES string of the molecule is CC(=O)O[C@H]1C(OCc2ccccc2)[C@](COCc2ccccc2)(COS(C)(=O)=O)O[C@H]1n1cc(C)c(=O)[nH]c1=S. The molecule has 1 unspecified atom stereocenters. The van der Waals surface area contributed by atoms with Crippen molar-refractivity contribution < 1.29 is 36.3 Å². The number of carbonyl (C=O) groups excluding carboxylic acids is 1. The number of nitrogens with one attached hydrogen (secondary N) is 1. The lowest BCUT2D eigenvalue weighted by molar-refractivity contribution is -0.171. The molecular weight excluding hydrogens is 572 g/mol. The predicted molar refractivity (Wildman–Crippen MR) is 151 cm³/mol. The third-order valence-electron chi connectivity index (χ3n) is 6.42. The van der Waals surface area contributed by atoms with Gasteiger partial charge in [0.05, 0.1) is 26.1 Å². The summed E-state index contributed by atoms with van der Waals surface area (Å²) >= 11 is 5.42. The van der Waals surface area contributed by atoms with Crippen LogP contribution in [0.15, 0.2) is 71.7 Å². The number of aryl methyl sites for hydroxylation is 1. The molecule has 1 N–H and O–H groups in total. The number of benzene rings is 2. The van der Waals surface area contributed by atoms with Gasteiger partial charge in [-0.15, -0.1) is 0 Å². The molecule has 1 aliphatic rings. The van der Waals surface area contributed by atoms with Crippen LogP contribution in [0.5, 0.6) is 0 Å². The van der Waals surface area contributed by atoms with Crippen LogP contribution in [0.2, 0.25) is 0 Å². The number of aromatic nitrogens is 2. The van der Waals surface area contributed by atoms with E-state index in [1.54, 1.807) is 6.92 Å². The Balaban J connectivity index is 1.79. The smallest absolute Gasteiger partial charge is 0.303 e. The van der Waals surface area contributed by atoms with Gasteiger partial charge in [0.2, 0.25) is 0 Å². The first-order valence-electron chi connectivity index (χ1n) is 12.8. The summed E-state index contributed by atoms with van der Waals surface area (Å²) in [4.78, 5) is 27.1. The van der Waals surface area contributed by atoms with Crippen LogP contribution in [-0.2, 0) is 51.3 Å². The molecule has 2 heterocycles. The number of aromatic amines is 1. The van der Waals surface area contributed by atoms with Crippen LogP contribution in [0.4, 0.5) is 0 Å². The number of esters is 1. The zero-order valence-electron chi connectivity index (χ0n) is 22.8. The lowest BCUT2D eigenvalue weighted by Crippen LogP contribution is -2.53. The molecule has 3 aromatic rings. The van der Waals surface area contributed by atoms with Gasteiger partial charge in [-0.2, -0.15) is 8.42 Å². The molecule has 1 aromatic heterocycles. The number of ether oxygens (including phenoxy) is 4. The summed E-state index contributed by atoms with van der Waals surface area (Å²) in [5.74, 6) is -0.630. The van der Waals surface area contributed by atoms with Crippen LogP contribution in [-0.4, -0.2) is 61.2 Å². The standard InChI is InChI=1S/C28H32N2O9S2/c1-19-14-30(27(40)29-25(19)32)26-23(38-20(2)31)24(36-16-22-12-8-5-9-13-22)28(39-26,18-37-41(3,33)34)17-35-15-21-10-6-4-7-11-21/h4-14,23-24,26H,15-18H2,1-3H3,(H,29,32,40)/t23-,24?,26+,28-/m0/s1. The summed E-state index contributed by atoms with van der Waals surface area (Å²) in [6.07, 6.45) is -0.927. The van der Waals surface area contributed by atoms with Crippen molar-refractivity contribution >= 4 is 28.3 Å². The largest absolute Gasteiger partial charge is 0.455 e. The van der Waals surface area contributed by atoms with Crippen molar-refractivity contribution in [3.8, 4) is 0 Å². The average molecular weight is 605 g/mol. The van der Waals surface area contributed by atoms with E-state index in [2.05, 4.69) is 4.98 Å². The fourth-order valence-corrected chi connectivity index (χ4v) is 5.19.